The van der Waals surface area contributed by atoms with Gasteiger partial charge in [0.05, 0.1) is 0 Å². The van der Waals surface area contributed by atoms with Gasteiger partial charge in [0.25, 0.3) is 0 Å². The highest BCUT2D eigenvalue weighted by Gasteiger charge is 2.23. The van der Waals surface area contributed by atoms with Crippen molar-refractivity contribution in [2.75, 3.05) is 19.4 Å². The van der Waals surface area contributed by atoms with E-state index in [1.165, 1.54) is 6.42 Å². The minimum Gasteiger partial charge on any atom is -0.332 e. The second-order valence-electron chi connectivity index (χ2n) is 2.50. The Morgan fingerprint density at radius 3 is 2.11 bits per heavy atom. The van der Waals surface area contributed by atoms with E-state index in [0.29, 0.717) is 0 Å². The van der Waals surface area contributed by atoms with E-state index >= 15 is 0 Å². The van der Waals surface area contributed by atoms with Crippen LogP contribution < -0.4 is 0 Å². The first-order valence-electron chi connectivity index (χ1n) is 3.41. The highest BCUT2D eigenvalue weighted by Crippen LogP contribution is 2.50. The summed E-state index contributed by atoms with van der Waals surface area (Å²) in [7, 11) is -0.533. The van der Waals surface area contributed by atoms with Crippen molar-refractivity contribution in [3.63, 3.8) is 0 Å². The molecule has 0 bridgehead atoms. The van der Waals surface area contributed by atoms with E-state index in [2.05, 4.69) is 0 Å². The average molecular weight is 148 g/mol. The molecule has 0 unspecified atom stereocenters. The monoisotopic (exact) mass is 148 g/mol. The minimum absolute atomic E-state index is 0.809. The smallest absolute Gasteiger partial charge is 0.202 e. The van der Waals surface area contributed by atoms with E-state index in [1.807, 2.05) is 0 Å². The maximum Gasteiger partial charge on any atom is 0.202 e. The van der Waals surface area contributed by atoms with Crippen LogP contribution in [0.1, 0.15) is 19.3 Å². The molecule has 1 aliphatic rings. The summed E-state index contributed by atoms with van der Waals surface area (Å²) in [4.78, 5) is 0. The van der Waals surface area contributed by atoms with Gasteiger partial charge in [-0.15, -0.1) is 0 Å². The van der Waals surface area contributed by atoms with Crippen molar-refractivity contribution in [2.45, 2.75) is 19.3 Å². The molecule has 0 aromatic carbocycles. The van der Waals surface area contributed by atoms with Gasteiger partial charge in [-0.3, -0.25) is 4.57 Å². The summed E-state index contributed by atoms with van der Waals surface area (Å²) in [5, 5.41) is 0. The van der Waals surface area contributed by atoms with Crippen LogP contribution in [0, 0.1) is 0 Å². The van der Waals surface area contributed by atoms with E-state index in [0.717, 1.165) is 25.2 Å². The molecule has 1 heterocycles. The van der Waals surface area contributed by atoms with Crippen molar-refractivity contribution in [3.8, 4) is 0 Å². The molecule has 0 atom stereocenters. The van der Waals surface area contributed by atoms with Gasteiger partial charge in [-0.05, 0) is 12.8 Å². The highest BCUT2D eigenvalue weighted by atomic mass is 31.2. The Bertz CT molecular complexity index is 123. The maximum atomic E-state index is 11.4. The molecule has 1 rings (SSSR count). The van der Waals surface area contributed by atoms with E-state index in [4.69, 9.17) is 4.52 Å². The fraction of sp³-hybridized carbons (Fsp3) is 1.00. The van der Waals surface area contributed by atoms with Crippen molar-refractivity contribution in [1.29, 1.82) is 0 Å². The fourth-order valence-electron chi connectivity index (χ4n) is 1.18. The predicted octanol–water partition coefficient (Wildman–Crippen LogP) is 2.09. The Labute approximate surface area is 56.0 Å². The zero-order chi connectivity index (χ0) is 6.74. The molecule has 0 amide bonds. The topological polar surface area (TPSA) is 26.3 Å². The van der Waals surface area contributed by atoms with Crippen LogP contribution in [-0.4, -0.2) is 19.4 Å². The number of rotatable bonds is 1. The first-order valence-corrected chi connectivity index (χ1v) is 5.40. The van der Waals surface area contributed by atoms with Crippen LogP contribution in [0.15, 0.2) is 0 Å². The van der Waals surface area contributed by atoms with E-state index < -0.39 is 7.37 Å². The largest absolute Gasteiger partial charge is 0.332 e. The molecule has 0 aromatic rings. The second kappa shape index (κ2) is 2.85. The van der Waals surface area contributed by atoms with Crippen LogP contribution in [0.4, 0.5) is 0 Å². The molecule has 1 aliphatic heterocycles. The summed E-state index contributed by atoms with van der Waals surface area (Å²) in [5.41, 5.74) is 0. The van der Waals surface area contributed by atoms with Gasteiger partial charge in [0, 0.05) is 19.4 Å². The summed E-state index contributed by atoms with van der Waals surface area (Å²) in [6, 6.07) is 0. The molecule has 54 valence electrons. The van der Waals surface area contributed by atoms with Crippen molar-refractivity contribution in [2.24, 2.45) is 0 Å². The van der Waals surface area contributed by atoms with Gasteiger partial charge in [-0.1, -0.05) is 6.42 Å². The van der Waals surface area contributed by atoms with Gasteiger partial charge in [-0.2, -0.15) is 0 Å². The zero-order valence-corrected chi connectivity index (χ0v) is 6.69. The van der Waals surface area contributed by atoms with Crippen LogP contribution in [0.5, 0.6) is 0 Å². The molecule has 2 nitrogen and oxygen atoms in total. The molecule has 1 saturated heterocycles. The van der Waals surface area contributed by atoms with Crippen LogP contribution in [0.25, 0.3) is 0 Å². The van der Waals surface area contributed by atoms with Crippen molar-refractivity contribution < 1.29 is 9.09 Å². The van der Waals surface area contributed by atoms with Crippen molar-refractivity contribution >= 4 is 7.37 Å². The molecular weight excluding hydrogens is 135 g/mol. The quantitative estimate of drug-likeness (QED) is 0.532. The number of hydrogen-bond acceptors (Lipinski definition) is 2. The Morgan fingerprint density at radius 1 is 1.22 bits per heavy atom. The summed E-state index contributed by atoms with van der Waals surface area (Å²) in [5.74, 6) is 0. The Balaban J connectivity index is 2.47. The zero-order valence-electron chi connectivity index (χ0n) is 5.80. The summed E-state index contributed by atoms with van der Waals surface area (Å²) in [6.07, 6.45) is 5.02. The normalized spacial score (nSPS) is 25.9. The van der Waals surface area contributed by atoms with Gasteiger partial charge in [0.1, 0.15) is 0 Å². The Hall–Kier alpha value is 0.190. The lowest BCUT2D eigenvalue weighted by Crippen LogP contribution is -2.03. The number of hydrogen-bond donors (Lipinski definition) is 0. The molecule has 3 heteroatoms. The molecule has 0 saturated carbocycles. The molecule has 0 aliphatic carbocycles. The molecule has 0 N–H and O–H groups in total. The molecule has 0 radical (unpaired) electrons. The first-order chi connectivity index (χ1) is 4.27. The maximum absolute atomic E-state index is 11.4. The lowest BCUT2D eigenvalue weighted by Gasteiger charge is -2.19. The van der Waals surface area contributed by atoms with Gasteiger partial charge in [-0.25, -0.2) is 0 Å². The van der Waals surface area contributed by atoms with Crippen molar-refractivity contribution in [3.05, 3.63) is 0 Å². The highest BCUT2D eigenvalue weighted by molar-refractivity contribution is 7.59. The van der Waals surface area contributed by atoms with Gasteiger partial charge in [0.15, 0.2) is 0 Å². The lowest BCUT2D eigenvalue weighted by molar-refractivity contribution is 0.384. The average Bonchev–Trinajstić information content (AvgIpc) is 1.90. The summed E-state index contributed by atoms with van der Waals surface area (Å²) >= 11 is 0. The Morgan fingerprint density at radius 2 is 1.78 bits per heavy atom. The SMILES string of the molecule is COP1(=O)CCCCC1. The molecule has 0 aromatic heterocycles. The standard InChI is InChI=1S/C6H13O2P/c1-8-9(7)5-3-2-4-6-9/h2-6H2,1H3. The first kappa shape index (κ1) is 7.30. The van der Waals surface area contributed by atoms with E-state index in [-0.39, 0.29) is 0 Å². The minimum atomic E-state index is -2.09. The third-order valence-electron chi connectivity index (χ3n) is 1.83. The Kier molecular flexibility index (Phi) is 2.31. The van der Waals surface area contributed by atoms with E-state index in [1.54, 1.807) is 7.11 Å². The third kappa shape index (κ3) is 1.80. The van der Waals surface area contributed by atoms with Gasteiger partial charge in [0.2, 0.25) is 7.37 Å². The van der Waals surface area contributed by atoms with Crippen LogP contribution in [0.2, 0.25) is 0 Å². The molecule has 0 spiro atoms. The summed E-state index contributed by atoms with van der Waals surface area (Å²) in [6.45, 7) is 0. The molecule has 1 fully saturated rings. The summed E-state index contributed by atoms with van der Waals surface area (Å²) < 4.78 is 16.3. The van der Waals surface area contributed by atoms with Crippen LogP contribution in [-0.2, 0) is 9.09 Å². The van der Waals surface area contributed by atoms with E-state index in [9.17, 15) is 4.57 Å². The van der Waals surface area contributed by atoms with Gasteiger partial charge < -0.3 is 4.52 Å². The predicted molar refractivity (Wildman–Crippen MR) is 38.2 cm³/mol. The lowest BCUT2D eigenvalue weighted by atomic mass is 10.3. The van der Waals surface area contributed by atoms with Crippen LogP contribution >= 0.6 is 7.37 Å². The fourth-order valence-corrected chi connectivity index (χ4v) is 3.18. The van der Waals surface area contributed by atoms with Gasteiger partial charge >= 0.3 is 0 Å². The van der Waals surface area contributed by atoms with Crippen molar-refractivity contribution in [1.82, 2.24) is 0 Å². The third-order valence-corrected chi connectivity index (χ3v) is 4.49. The molecule has 9 heavy (non-hydrogen) atoms. The van der Waals surface area contributed by atoms with Crippen LogP contribution in [0.3, 0.4) is 0 Å². The second-order valence-corrected chi connectivity index (χ2v) is 5.39. The molecular formula is C6H13O2P.